The van der Waals surface area contributed by atoms with Crippen LogP contribution in [0.5, 0.6) is 11.5 Å². The Morgan fingerprint density at radius 1 is 1.15 bits per heavy atom. The number of carbonyl (C=O) groups is 3. The first-order valence-corrected chi connectivity index (χ1v) is 13.3. The van der Waals surface area contributed by atoms with E-state index in [9.17, 15) is 19.5 Å². The maximum Gasteiger partial charge on any atom is 0.321 e. The molecule has 1 aliphatic rings. The number of nitrogens with zero attached hydrogens (tertiary/aromatic N) is 3. The number of likely N-dealkylation sites (N-methyl/N-ethyl adjacent to an activating group) is 1. The number of para-hydroxylation sites is 1. The molecule has 41 heavy (non-hydrogen) atoms. The van der Waals surface area contributed by atoms with Crippen molar-refractivity contribution in [2.45, 2.75) is 26.0 Å². The zero-order chi connectivity index (χ0) is 29.5. The second kappa shape index (κ2) is 13.1. The average molecular weight is 562 g/mol. The van der Waals surface area contributed by atoms with Gasteiger partial charge in [0.2, 0.25) is 0 Å². The predicted molar refractivity (Wildman–Crippen MR) is 154 cm³/mol. The van der Waals surface area contributed by atoms with E-state index in [1.165, 1.54) is 17.3 Å². The zero-order valence-corrected chi connectivity index (χ0v) is 23.5. The van der Waals surface area contributed by atoms with Gasteiger partial charge in [-0.3, -0.25) is 14.6 Å². The van der Waals surface area contributed by atoms with Crippen LogP contribution in [0.2, 0.25) is 0 Å². The van der Waals surface area contributed by atoms with Crippen molar-refractivity contribution in [2.24, 2.45) is 5.92 Å². The normalized spacial score (nSPS) is 17.3. The van der Waals surface area contributed by atoms with Crippen LogP contribution in [0.15, 0.2) is 67.0 Å². The standard InChI is InChI=1S/C30H35N5O6/c1-19-16-35(20(2)18-36)29(38)24-6-5-7-25(33-28(37)21-12-14-31-15-13-21)27(24)41-26(19)17-34(3)30(39)32-22-8-10-23(40-4)11-9-22/h5-15,19-20,26,36H,16-18H2,1-4H3,(H,32,39)(H,33,37)/t19-,20+,26-/m0/s1. The monoisotopic (exact) mass is 561 g/mol. The Bertz CT molecular complexity index is 1370. The van der Waals surface area contributed by atoms with Crippen LogP contribution >= 0.6 is 0 Å². The van der Waals surface area contributed by atoms with E-state index < -0.39 is 12.1 Å². The summed E-state index contributed by atoms with van der Waals surface area (Å²) < 4.78 is 11.6. The van der Waals surface area contributed by atoms with Gasteiger partial charge in [0.15, 0.2) is 5.75 Å². The van der Waals surface area contributed by atoms with E-state index in [1.807, 2.05) is 6.92 Å². The Morgan fingerprint density at radius 2 is 1.85 bits per heavy atom. The van der Waals surface area contributed by atoms with Crippen LogP contribution in [0, 0.1) is 5.92 Å². The SMILES string of the molecule is COc1ccc(NC(=O)N(C)C[C@@H]2Oc3c(NC(=O)c4ccncc4)cccc3C(=O)N([C@H](C)CO)C[C@@H]2C)cc1. The van der Waals surface area contributed by atoms with Crippen molar-refractivity contribution in [3.63, 3.8) is 0 Å². The Kier molecular flexibility index (Phi) is 9.41. The molecule has 11 nitrogen and oxygen atoms in total. The zero-order valence-electron chi connectivity index (χ0n) is 23.5. The van der Waals surface area contributed by atoms with Gasteiger partial charge in [0, 0.05) is 43.2 Å². The highest BCUT2D eigenvalue weighted by Gasteiger charge is 2.35. The van der Waals surface area contributed by atoms with E-state index in [4.69, 9.17) is 9.47 Å². The highest BCUT2D eigenvalue weighted by molar-refractivity contribution is 6.07. The largest absolute Gasteiger partial charge is 0.497 e. The molecule has 1 aromatic heterocycles. The summed E-state index contributed by atoms with van der Waals surface area (Å²) in [4.78, 5) is 46.8. The van der Waals surface area contributed by atoms with Crippen LogP contribution < -0.4 is 20.1 Å². The molecule has 0 spiro atoms. The summed E-state index contributed by atoms with van der Waals surface area (Å²) in [6.07, 6.45) is 2.48. The molecule has 3 aromatic rings. The minimum Gasteiger partial charge on any atom is -0.497 e. The third-order valence-corrected chi connectivity index (χ3v) is 7.02. The van der Waals surface area contributed by atoms with Gasteiger partial charge in [-0.25, -0.2) is 4.79 Å². The number of rotatable bonds is 8. The number of benzene rings is 2. The van der Waals surface area contributed by atoms with Gasteiger partial charge in [-0.1, -0.05) is 13.0 Å². The van der Waals surface area contributed by atoms with Crippen molar-refractivity contribution in [3.05, 3.63) is 78.1 Å². The number of nitrogens with one attached hydrogen (secondary N) is 2. The lowest BCUT2D eigenvalue weighted by atomic mass is 9.99. The molecular weight excluding hydrogens is 526 g/mol. The van der Waals surface area contributed by atoms with Crippen molar-refractivity contribution in [1.29, 1.82) is 0 Å². The molecule has 4 amide bonds. The van der Waals surface area contributed by atoms with Crippen molar-refractivity contribution in [2.75, 3.05) is 44.5 Å². The first-order valence-electron chi connectivity index (χ1n) is 13.3. The lowest BCUT2D eigenvalue weighted by Crippen LogP contribution is -2.50. The van der Waals surface area contributed by atoms with Crippen molar-refractivity contribution in [3.8, 4) is 11.5 Å². The number of hydrogen-bond donors (Lipinski definition) is 3. The lowest BCUT2D eigenvalue weighted by Gasteiger charge is -2.38. The minimum atomic E-state index is -0.555. The fourth-order valence-electron chi connectivity index (χ4n) is 4.50. The van der Waals surface area contributed by atoms with Crippen molar-refractivity contribution in [1.82, 2.24) is 14.8 Å². The molecule has 0 saturated heterocycles. The summed E-state index contributed by atoms with van der Waals surface area (Å²) in [5, 5.41) is 15.6. The number of aromatic nitrogens is 1. The van der Waals surface area contributed by atoms with Gasteiger partial charge in [0.1, 0.15) is 11.9 Å². The Morgan fingerprint density at radius 3 is 2.51 bits per heavy atom. The smallest absolute Gasteiger partial charge is 0.321 e. The number of hydrogen-bond acceptors (Lipinski definition) is 7. The van der Waals surface area contributed by atoms with Gasteiger partial charge < -0.3 is 35.0 Å². The van der Waals surface area contributed by atoms with Crippen LogP contribution in [0.3, 0.4) is 0 Å². The first-order chi connectivity index (χ1) is 19.7. The van der Waals surface area contributed by atoms with Gasteiger partial charge in [-0.2, -0.15) is 0 Å². The molecule has 3 N–H and O–H groups in total. The van der Waals surface area contributed by atoms with Crippen molar-refractivity contribution < 1.29 is 29.0 Å². The fraction of sp³-hybridized carbons (Fsp3) is 0.333. The molecule has 216 valence electrons. The van der Waals surface area contributed by atoms with Crippen molar-refractivity contribution >= 4 is 29.2 Å². The lowest BCUT2D eigenvalue weighted by molar-refractivity contribution is 0.0372. The van der Waals surface area contributed by atoms with Crippen LogP contribution in [0.4, 0.5) is 16.2 Å². The van der Waals surface area contributed by atoms with Gasteiger partial charge in [-0.05, 0) is 55.5 Å². The number of aliphatic hydroxyl groups is 1. The summed E-state index contributed by atoms with van der Waals surface area (Å²) >= 11 is 0. The van der Waals surface area contributed by atoms with Crippen LogP contribution in [0.1, 0.15) is 34.6 Å². The molecule has 0 unspecified atom stereocenters. The molecule has 0 bridgehead atoms. The van der Waals surface area contributed by atoms with Gasteiger partial charge >= 0.3 is 6.03 Å². The quantitative estimate of drug-likeness (QED) is 0.382. The van der Waals surface area contributed by atoms with E-state index in [-0.39, 0.29) is 48.2 Å². The summed E-state index contributed by atoms with van der Waals surface area (Å²) in [6, 6.07) is 14.3. The van der Waals surface area contributed by atoms with E-state index >= 15 is 0 Å². The molecule has 0 radical (unpaired) electrons. The number of urea groups is 1. The second-order valence-electron chi connectivity index (χ2n) is 10.0. The molecular formula is C30H35N5O6. The highest BCUT2D eigenvalue weighted by Crippen LogP contribution is 2.35. The maximum absolute atomic E-state index is 13.7. The Hall–Kier alpha value is -4.64. The molecule has 2 aromatic carbocycles. The Balaban J connectivity index is 1.62. The van der Waals surface area contributed by atoms with E-state index in [2.05, 4.69) is 15.6 Å². The third-order valence-electron chi connectivity index (χ3n) is 7.02. The number of methoxy groups -OCH3 is 1. The highest BCUT2D eigenvalue weighted by atomic mass is 16.5. The molecule has 0 fully saturated rings. The van der Waals surface area contributed by atoms with E-state index in [0.717, 1.165) is 0 Å². The average Bonchev–Trinajstić information content (AvgIpc) is 2.99. The number of amides is 4. The fourth-order valence-corrected chi connectivity index (χ4v) is 4.50. The van der Waals surface area contributed by atoms with E-state index in [0.29, 0.717) is 29.2 Å². The minimum absolute atomic E-state index is 0.185. The first kappa shape index (κ1) is 29.3. The second-order valence-corrected chi connectivity index (χ2v) is 10.0. The molecule has 1 aliphatic heterocycles. The summed E-state index contributed by atoms with van der Waals surface area (Å²) in [5.74, 6) is -0.0656. The summed E-state index contributed by atoms with van der Waals surface area (Å²) in [7, 11) is 3.23. The van der Waals surface area contributed by atoms with Crippen LogP contribution in [0.25, 0.3) is 0 Å². The van der Waals surface area contributed by atoms with Crippen LogP contribution in [-0.2, 0) is 0 Å². The topological polar surface area (TPSA) is 133 Å². The van der Waals surface area contributed by atoms with Gasteiger partial charge in [0.05, 0.1) is 37.6 Å². The number of ether oxygens (including phenoxy) is 2. The summed E-state index contributed by atoms with van der Waals surface area (Å²) in [5.41, 5.74) is 1.57. The number of carbonyl (C=O) groups excluding carboxylic acids is 3. The molecule has 11 heteroatoms. The summed E-state index contributed by atoms with van der Waals surface area (Å²) in [6.45, 7) is 3.96. The molecule has 0 saturated carbocycles. The predicted octanol–water partition coefficient (Wildman–Crippen LogP) is 3.73. The molecule has 3 atom stereocenters. The molecule has 2 heterocycles. The number of pyridine rings is 1. The van der Waals surface area contributed by atoms with E-state index in [1.54, 1.807) is 80.6 Å². The van der Waals surface area contributed by atoms with Crippen LogP contribution in [-0.4, -0.2) is 83.7 Å². The number of anilines is 2. The third kappa shape index (κ3) is 6.93. The molecule has 0 aliphatic carbocycles. The number of fused-ring (bicyclic) bond motifs is 1. The van der Waals surface area contributed by atoms with Gasteiger partial charge in [0.25, 0.3) is 11.8 Å². The number of aliphatic hydroxyl groups excluding tert-OH is 1. The Labute approximate surface area is 239 Å². The maximum atomic E-state index is 13.7. The van der Waals surface area contributed by atoms with Gasteiger partial charge in [-0.15, -0.1) is 0 Å². The molecule has 4 rings (SSSR count).